The predicted molar refractivity (Wildman–Crippen MR) is 136 cm³/mol. The van der Waals surface area contributed by atoms with E-state index in [0.717, 1.165) is 30.4 Å². The van der Waals surface area contributed by atoms with Gasteiger partial charge < -0.3 is 18.9 Å². The molecule has 2 saturated heterocycles. The Morgan fingerprint density at radius 2 is 1.19 bits per heavy atom. The van der Waals surface area contributed by atoms with Crippen molar-refractivity contribution in [2.45, 2.75) is 76.8 Å². The van der Waals surface area contributed by atoms with Crippen molar-refractivity contribution in [3.8, 4) is 11.5 Å². The molecule has 0 spiro atoms. The van der Waals surface area contributed by atoms with Crippen LogP contribution in [0.1, 0.15) is 81.6 Å². The maximum Gasteiger partial charge on any atom is 0.334 e. The van der Waals surface area contributed by atoms with Gasteiger partial charge >= 0.3 is 11.9 Å². The van der Waals surface area contributed by atoms with Gasteiger partial charge in [0.1, 0.15) is 23.7 Å². The fourth-order valence-electron chi connectivity index (χ4n) is 4.38. The average molecular weight is 491 g/mol. The Morgan fingerprint density at radius 3 is 1.58 bits per heavy atom. The molecule has 190 valence electrons. The van der Waals surface area contributed by atoms with E-state index in [0.29, 0.717) is 35.5 Å². The van der Waals surface area contributed by atoms with Gasteiger partial charge in [0.25, 0.3) is 0 Å². The highest BCUT2D eigenvalue weighted by atomic mass is 16.7. The van der Waals surface area contributed by atoms with Crippen LogP contribution in [-0.4, -0.2) is 18.2 Å². The first-order valence-corrected chi connectivity index (χ1v) is 12.7. The van der Waals surface area contributed by atoms with E-state index in [1.807, 2.05) is 48.5 Å². The largest absolute Gasteiger partial charge is 0.455 e. The zero-order valence-corrected chi connectivity index (χ0v) is 20.9. The van der Waals surface area contributed by atoms with Crippen LogP contribution in [-0.2, 0) is 19.1 Å². The number of ether oxygens (including phenoxy) is 4. The summed E-state index contributed by atoms with van der Waals surface area (Å²) in [6, 6.07) is 15.2. The molecule has 0 radical (unpaired) electrons. The van der Waals surface area contributed by atoms with Gasteiger partial charge in [0.15, 0.2) is 0 Å². The summed E-state index contributed by atoms with van der Waals surface area (Å²) in [4.78, 5) is 23.3. The second-order valence-corrected chi connectivity index (χ2v) is 9.41. The Morgan fingerprint density at radius 1 is 0.750 bits per heavy atom. The first kappa shape index (κ1) is 25.5. The van der Waals surface area contributed by atoms with Gasteiger partial charge in [0.2, 0.25) is 6.29 Å². The van der Waals surface area contributed by atoms with Crippen molar-refractivity contribution < 1.29 is 28.5 Å². The lowest BCUT2D eigenvalue weighted by molar-refractivity contribution is -0.140. The molecule has 0 bridgehead atoms. The van der Waals surface area contributed by atoms with E-state index in [9.17, 15) is 9.59 Å². The van der Waals surface area contributed by atoms with Crippen molar-refractivity contribution in [1.29, 1.82) is 0 Å². The topological polar surface area (TPSA) is 71.1 Å². The minimum absolute atomic E-state index is 0.292. The van der Waals surface area contributed by atoms with E-state index in [2.05, 4.69) is 20.1 Å². The van der Waals surface area contributed by atoms with E-state index in [1.54, 1.807) is 0 Å². The van der Waals surface area contributed by atoms with Crippen LogP contribution >= 0.6 is 0 Å². The van der Waals surface area contributed by atoms with Crippen molar-refractivity contribution >= 4 is 11.9 Å². The lowest BCUT2D eigenvalue weighted by Gasteiger charge is -2.21. The van der Waals surface area contributed by atoms with Gasteiger partial charge in [-0.1, -0.05) is 70.0 Å². The lowest BCUT2D eigenvalue weighted by Crippen LogP contribution is -2.24. The van der Waals surface area contributed by atoms with E-state index in [4.69, 9.17) is 18.9 Å². The Hall–Kier alpha value is -3.54. The van der Waals surface area contributed by atoms with Gasteiger partial charge in [-0.25, -0.2) is 9.59 Å². The molecule has 2 unspecified atom stereocenters. The third-order valence-corrected chi connectivity index (χ3v) is 6.52. The molecule has 6 heteroatoms. The fraction of sp³-hybridized carbons (Fsp3) is 0.400. The number of hydrogen-bond acceptors (Lipinski definition) is 6. The number of esters is 2. The third-order valence-electron chi connectivity index (χ3n) is 6.52. The van der Waals surface area contributed by atoms with Crippen LogP contribution in [0, 0.1) is 0 Å². The molecular formula is C30H34O6. The van der Waals surface area contributed by atoms with E-state index in [1.165, 1.54) is 19.3 Å². The summed E-state index contributed by atoms with van der Waals surface area (Å²) >= 11 is 0. The van der Waals surface area contributed by atoms with Gasteiger partial charge in [-0.2, -0.15) is 0 Å². The molecular weight excluding hydrogens is 456 g/mol. The first-order chi connectivity index (χ1) is 17.4. The van der Waals surface area contributed by atoms with Crippen LogP contribution in [0.5, 0.6) is 11.5 Å². The smallest absolute Gasteiger partial charge is 0.334 e. The summed E-state index contributed by atoms with van der Waals surface area (Å²) in [5.41, 5.74) is 2.83. The van der Waals surface area contributed by atoms with Gasteiger partial charge in [0.05, 0.1) is 0 Å². The van der Waals surface area contributed by atoms with Crippen LogP contribution in [0.4, 0.5) is 0 Å². The highest BCUT2D eigenvalue weighted by molar-refractivity contribution is 5.90. The summed E-state index contributed by atoms with van der Waals surface area (Å²) in [5, 5.41) is 0. The molecule has 36 heavy (non-hydrogen) atoms. The summed E-state index contributed by atoms with van der Waals surface area (Å²) in [6.45, 7) is 9.70. The van der Waals surface area contributed by atoms with Gasteiger partial charge in [0, 0.05) is 30.4 Å². The quantitative estimate of drug-likeness (QED) is 0.139. The lowest BCUT2D eigenvalue weighted by atomic mass is 10.0. The number of carbonyl (C=O) groups excluding carboxylic acids is 2. The number of benzene rings is 2. The van der Waals surface area contributed by atoms with Crippen molar-refractivity contribution in [2.75, 3.05) is 0 Å². The number of hydrogen-bond donors (Lipinski definition) is 0. The summed E-state index contributed by atoms with van der Waals surface area (Å²) in [6.07, 6.45) is 6.49. The van der Waals surface area contributed by atoms with Crippen molar-refractivity contribution in [3.05, 3.63) is 84.0 Å². The Labute approximate surface area is 212 Å². The van der Waals surface area contributed by atoms with Crippen molar-refractivity contribution in [2.24, 2.45) is 0 Å². The minimum atomic E-state index is -0.448. The molecule has 0 amide bonds. The average Bonchev–Trinajstić information content (AvgIpc) is 3.39. The third kappa shape index (κ3) is 6.56. The van der Waals surface area contributed by atoms with Crippen LogP contribution in [0.25, 0.3) is 0 Å². The van der Waals surface area contributed by atoms with E-state index < -0.39 is 6.29 Å². The molecule has 6 nitrogen and oxygen atoms in total. The maximum atomic E-state index is 11.6. The molecule has 0 saturated carbocycles. The molecule has 2 aliphatic rings. The second-order valence-electron chi connectivity index (χ2n) is 9.41. The van der Waals surface area contributed by atoms with E-state index in [-0.39, 0.29) is 24.1 Å². The first-order valence-electron chi connectivity index (χ1n) is 12.7. The highest BCUT2D eigenvalue weighted by Gasteiger charge is 2.29. The van der Waals surface area contributed by atoms with Crippen molar-refractivity contribution in [1.82, 2.24) is 0 Å². The van der Waals surface area contributed by atoms with Crippen LogP contribution in [0.15, 0.2) is 72.8 Å². The highest BCUT2D eigenvalue weighted by Crippen LogP contribution is 2.34. The monoisotopic (exact) mass is 490 g/mol. The minimum Gasteiger partial charge on any atom is -0.455 e. The van der Waals surface area contributed by atoms with Crippen LogP contribution in [0.2, 0.25) is 0 Å². The van der Waals surface area contributed by atoms with Crippen LogP contribution in [0.3, 0.4) is 0 Å². The van der Waals surface area contributed by atoms with Gasteiger partial charge in [-0.3, -0.25) is 0 Å². The number of cyclic esters (lactones) is 2. The zero-order chi connectivity index (χ0) is 25.5. The molecule has 0 N–H and O–H groups in total. The predicted octanol–water partition coefficient (Wildman–Crippen LogP) is 6.92. The molecule has 2 aromatic rings. The second kappa shape index (κ2) is 11.9. The molecule has 2 heterocycles. The molecule has 2 aromatic carbocycles. The number of unbranched alkanes of at least 4 members (excludes halogenated alkanes) is 4. The summed E-state index contributed by atoms with van der Waals surface area (Å²) in [5.74, 6) is 0.708. The Balaban J connectivity index is 1.38. The summed E-state index contributed by atoms with van der Waals surface area (Å²) < 4.78 is 23.2. The standard InChI is InChI=1S/C30H34O6/c1-4-5-6-7-8-9-28(33-24-14-10-22(11-15-24)26-18-20(2)29(31)35-26)34-25-16-12-23(13-17-25)27-19-21(3)30(32)36-27/h10-17,26-28H,2-9,18-19H2,1H3. The molecule has 2 fully saturated rings. The SMILES string of the molecule is C=C1CC(c2ccc(OC(CCCCCCC)Oc3ccc(C4CC(=C)C(=O)O4)cc3)cc2)OC1=O. The van der Waals surface area contributed by atoms with Crippen LogP contribution < -0.4 is 9.47 Å². The molecule has 0 aromatic heterocycles. The van der Waals surface area contributed by atoms with Gasteiger partial charge in [-0.05, 0) is 41.8 Å². The fourth-order valence-corrected chi connectivity index (χ4v) is 4.38. The number of carbonyl (C=O) groups is 2. The Bertz CT molecular complexity index is 972. The molecule has 2 aliphatic heterocycles. The van der Waals surface area contributed by atoms with E-state index >= 15 is 0 Å². The maximum absolute atomic E-state index is 11.6. The molecule has 4 rings (SSSR count). The summed E-state index contributed by atoms with van der Waals surface area (Å²) in [7, 11) is 0. The molecule has 0 aliphatic carbocycles. The normalized spacial score (nSPS) is 20.2. The number of rotatable bonds is 12. The Kier molecular flexibility index (Phi) is 8.47. The van der Waals surface area contributed by atoms with Gasteiger partial charge in [-0.15, -0.1) is 0 Å². The zero-order valence-electron chi connectivity index (χ0n) is 20.9. The molecule has 2 atom stereocenters. The van der Waals surface area contributed by atoms with Crippen molar-refractivity contribution in [3.63, 3.8) is 0 Å².